The van der Waals surface area contributed by atoms with Gasteiger partial charge in [-0.15, -0.1) is 0 Å². The van der Waals surface area contributed by atoms with E-state index >= 15 is 0 Å². The molecule has 0 spiro atoms. The molecule has 18 heavy (non-hydrogen) atoms. The number of benzene rings is 1. The van der Waals surface area contributed by atoms with Crippen LogP contribution in [0.5, 0.6) is 0 Å². The highest BCUT2D eigenvalue weighted by molar-refractivity contribution is 5.90. The molecule has 0 fully saturated rings. The third-order valence-electron chi connectivity index (χ3n) is 2.96. The van der Waals surface area contributed by atoms with Crippen LogP contribution in [0.15, 0.2) is 42.7 Å². The molecule has 0 saturated heterocycles. The number of methoxy groups -OCH3 is 1. The summed E-state index contributed by atoms with van der Waals surface area (Å²) >= 11 is 0. The van der Waals surface area contributed by atoms with Gasteiger partial charge in [-0.2, -0.15) is 0 Å². The van der Waals surface area contributed by atoms with E-state index in [-0.39, 0.29) is 5.97 Å². The number of nitrogens with zero attached hydrogens (tertiary/aromatic N) is 1. The molecule has 2 rings (SSSR count). The van der Waals surface area contributed by atoms with Gasteiger partial charge in [-0.3, -0.25) is 4.98 Å². The van der Waals surface area contributed by atoms with E-state index in [1.54, 1.807) is 12.4 Å². The molecule has 0 aliphatic rings. The summed E-state index contributed by atoms with van der Waals surface area (Å²) in [6.45, 7) is 1.92. The quantitative estimate of drug-likeness (QED) is 0.776. The lowest BCUT2D eigenvalue weighted by Gasteiger charge is -2.09. The van der Waals surface area contributed by atoms with Gasteiger partial charge in [-0.1, -0.05) is 30.3 Å². The van der Waals surface area contributed by atoms with Crippen LogP contribution < -0.4 is 0 Å². The first-order valence-corrected chi connectivity index (χ1v) is 5.78. The maximum atomic E-state index is 11.6. The Morgan fingerprint density at radius 1 is 1.22 bits per heavy atom. The van der Waals surface area contributed by atoms with Crippen LogP contribution in [0.2, 0.25) is 0 Å². The number of carbonyl (C=O) groups excluding carboxylic acids is 1. The number of esters is 1. The molecule has 0 bridgehead atoms. The van der Waals surface area contributed by atoms with E-state index in [4.69, 9.17) is 4.74 Å². The maximum absolute atomic E-state index is 11.6. The molecule has 1 aromatic heterocycles. The molecule has 0 unspecified atom stereocenters. The molecule has 0 atom stereocenters. The second-order valence-electron chi connectivity index (χ2n) is 4.13. The minimum atomic E-state index is -0.338. The minimum Gasteiger partial charge on any atom is -0.465 e. The number of aromatic nitrogens is 1. The van der Waals surface area contributed by atoms with Crippen LogP contribution in [0.4, 0.5) is 0 Å². The van der Waals surface area contributed by atoms with E-state index in [2.05, 4.69) is 17.1 Å². The number of pyridine rings is 1. The molecular weight excluding hydrogens is 226 g/mol. The minimum absolute atomic E-state index is 0.338. The van der Waals surface area contributed by atoms with Crippen LogP contribution in [-0.4, -0.2) is 18.1 Å². The van der Waals surface area contributed by atoms with Gasteiger partial charge in [-0.25, -0.2) is 4.79 Å². The Kier molecular flexibility index (Phi) is 3.72. The van der Waals surface area contributed by atoms with Gasteiger partial charge in [0.2, 0.25) is 0 Å². The number of ether oxygens (including phenoxy) is 1. The fraction of sp³-hybridized carbons (Fsp3) is 0.200. The maximum Gasteiger partial charge on any atom is 0.339 e. The van der Waals surface area contributed by atoms with Gasteiger partial charge < -0.3 is 4.74 Å². The normalized spacial score (nSPS) is 10.1. The van der Waals surface area contributed by atoms with Crippen molar-refractivity contribution < 1.29 is 9.53 Å². The van der Waals surface area contributed by atoms with Crippen molar-refractivity contribution in [3.63, 3.8) is 0 Å². The zero-order chi connectivity index (χ0) is 13.0. The summed E-state index contributed by atoms with van der Waals surface area (Å²) in [4.78, 5) is 15.7. The SMILES string of the molecule is COC(=O)c1cncc(Cc2ccccc2)c1C. The summed E-state index contributed by atoms with van der Waals surface area (Å²) in [6.07, 6.45) is 4.12. The van der Waals surface area contributed by atoms with Crippen LogP contribution in [-0.2, 0) is 11.2 Å². The van der Waals surface area contributed by atoms with Crippen molar-refractivity contribution in [1.82, 2.24) is 4.98 Å². The number of hydrogen-bond acceptors (Lipinski definition) is 3. The van der Waals surface area contributed by atoms with E-state index < -0.39 is 0 Å². The van der Waals surface area contributed by atoms with Crippen LogP contribution >= 0.6 is 0 Å². The molecule has 3 heteroatoms. The van der Waals surface area contributed by atoms with Gasteiger partial charge >= 0.3 is 5.97 Å². The number of carbonyl (C=O) groups is 1. The predicted octanol–water partition coefficient (Wildman–Crippen LogP) is 2.77. The summed E-state index contributed by atoms with van der Waals surface area (Å²) in [7, 11) is 1.38. The zero-order valence-electron chi connectivity index (χ0n) is 10.5. The van der Waals surface area contributed by atoms with Crippen molar-refractivity contribution >= 4 is 5.97 Å². The molecule has 1 heterocycles. The second-order valence-corrected chi connectivity index (χ2v) is 4.13. The van der Waals surface area contributed by atoms with Crippen molar-refractivity contribution in [3.8, 4) is 0 Å². The van der Waals surface area contributed by atoms with Gasteiger partial charge in [0.1, 0.15) is 0 Å². The molecule has 0 saturated carbocycles. The fourth-order valence-electron chi connectivity index (χ4n) is 1.88. The van der Waals surface area contributed by atoms with Crippen LogP contribution in [0, 0.1) is 6.92 Å². The lowest BCUT2D eigenvalue weighted by atomic mass is 9.99. The summed E-state index contributed by atoms with van der Waals surface area (Å²) < 4.78 is 4.74. The molecule has 0 aliphatic heterocycles. The highest BCUT2D eigenvalue weighted by Crippen LogP contribution is 2.16. The Hall–Kier alpha value is -2.16. The Morgan fingerprint density at radius 2 is 1.94 bits per heavy atom. The Bertz CT molecular complexity index is 550. The lowest BCUT2D eigenvalue weighted by molar-refractivity contribution is 0.0599. The van der Waals surface area contributed by atoms with E-state index in [1.165, 1.54) is 12.7 Å². The third kappa shape index (κ3) is 2.56. The zero-order valence-corrected chi connectivity index (χ0v) is 10.5. The van der Waals surface area contributed by atoms with Crippen LogP contribution in [0.1, 0.15) is 27.0 Å². The van der Waals surface area contributed by atoms with Crippen molar-refractivity contribution in [1.29, 1.82) is 0 Å². The van der Waals surface area contributed by atoms with Gasteiger partial charge in [0.05, 0.1) is 12.7 Å². The Labute approximate surface area is 106 Å². The van der Waals surface area contributed by atoms with E-state index in [9.17, 15) is 4.79 Å². The Morgan fingerprint density at radius 3 is 2.61 bits per heavy atom. The highest BCUT2D eigenvalue weighted by Gasteiger charge is 2.12. The fourth-order valence-corrected chi connectivity index (χ4v) is 1.88. The van der Waals surface area contributed by atoms with E-state index in [0.717, 1.165) is 17.5 Å². The topological polar surface area (TPSA) is 39.2 Å². The molecule has 0 amide bonds. The number of hydrogen-bond donors (Lipinski definition) is 0. The average molecular weight is 241 g/mol. The van der Waals surface area contributed by atoms with Gasteiger partial charge in [0.15, 0.2) is 0 Å². The standard InChI is InChI=1S/C15H15NO2/c1-11-13(8-12-6-4-3-5-7-12)9-16-10-14(11)15(17)18-2/h3-7,9-10H,8H2,1-2H3. The summed E-state index contributed by atoms with van der Waals surface area (Å²) in [5, 5.41) is 0. The molecule has 0 radical (unpaired) electrons. The van der Waals surface area contributed by atoms with Gasteiger partial charge in [-0.05, 0) is 30.0 Å². The van der Waals surface area contributed by atoms with Crippen molar-refractivity contribution in [2.75, 3.05) is 7.11 Å². The second kappa shape index (κ2) is 5.45. The highest BCUT2D eigenvalue weighted by atomic mass is 16.5. The summed E-state index contributed by atoms with van der Waals surface area (Å²) in [5.74, 6) is -0.338. The lowest BCUT2D eigenvalue weighted by Crippen LogP contribution is -2.07. The Balaban J connectivity index is 2.32. The van der Waals surface area contributed by atoms with Crippen molar-refractivity contribution in [3.05, 3.63) is 65.0 Å². The molecule has 0 aliphatic carbocycles. The first-order valence-electron chi connectivity index (χ1n) is 5.78. The monoisotopic (exact) mass is 241 g/mol. The molecule has 0 N–H and O–H groups in total. The predicted molar refractivity (Wildman–Crippen MR) is 69.6 cm³/mol. The number of rotatable bonds is 3. The van der Waals surface area contributed by atoms with E-state index in [1.807, 2.05) is 25.1 Å². The smallest absolute Gasteiger partial charge is 0.339 e. The molecule has 92 valence electrons. The van der Waals surface area contributed by atoms with Crippen LogP contribution in [0.25, 0.3) is 0 Å². The average Bonchev–Trinajstić information content (AvgIpc) is 2.41. The molecule has 1 aromatic carbocycles. The summed E-state index contributed by atoms with van der Waals surface area (Å²) in [5.41, 5.74) is 3.71. The van der Waals surface area contributed by atoms with E-state index in [0.29, 0.717) is 5.56 Å². The third-order valence-corrected chi connectivity index (χ3v) is 2.96. The van der Waals surface area contributed by atoms with Crippen molar-refractivity contribution in [2.45, 2.75) is 13.3 Å². The first-order chi connectivity index (χ1) is 8.72. The molecular formula is C15H15NO2. The molecule has 3 nitrogen and oxygen atoms in total. The van der Waals surface area contributed by atoms with Gasteiger partial charge in [0.25, 0.3) is 0 Å². The van der Waals surface area contributed by atoms with Crippen molar-refractivity contribution in [2.24, 2.45) is 0 Å². The summed E-state index contributed by atoms with van der Waals surface area (Å²) in [6, 6.07) is 10.1. The van der Waals surface area contributed by atoms with Crippen LogP contribution in [0.3, 0.4) is 0 Å². The van der Waals surface area contributed by atoms with Gasteiger partial charge in [0, 0.05) is 12.4 Å². The molecule has 2 aromatic rings. The largest absolute Gasteiger partial charge is 0.465 e. The first kappa shape index (κ1) is 12.3.